The molecule has 106 valence electrons. The summed E-state index contributed by atoms with van der Waals surface area (Å²) in [7, 11) is 0. The Balaban J connectivity index is 3.18. The third-order valence-electron chi connectivity index (χ3n) is 3.03. The molecule has 0 bridgehead atoms. The standard InChI is InChI=1S/C15H18N2O3/c1-4-17(11(3)18)14-6-5-12(10(2)7-14)8-13(9-16)15(19)20/h5-8,11,18H,4H2,1-3H3,(H,19,20). The molecule has 0 fully saturated rings. The highest BCUT2D eigenvalue weighted by Crippen LogP contribution is 2.22. The Kier molecular flexibility index (Phi) is 5.30. The number of nitriles is 1. The number of aliphatic hydroxyl groups is 1. The first kappa shape index (κ1) is 15.7. The molecule has 1 aromatic carbocycles. The molecular weight excluding hydrogens is 256 g/mol. The van der Waals surface area contributed by atoms with Gasteiger partial charge in [-0.25, -0.2) is 4.79 Å². The fraction of sp³-hybridized carbons (Fsp3) is 0.333. The summed E-state index contributed by atoms with van der Waals surface area (Å²) in [5, 5.41) is 27.3. The van der Waals surface area contributed by atoms with E-state index in [0.29, 0.717) is 12.1 Å². The molecule has 5 nitrogen and oxygen atoms in total. The van der Waals surface area contributed by atoms with Crippen molar-refractivity contribution in [1.29, 1.82) is 5.26 Å². The van der Waals surface area contributed by atoms with Gasteiger partial charge in [0.05, 0.1) is 0 Å². The summed E-state index contributed by atoms with van der Waals surface area (Å²) < 4.78 is 0. The van der Waals surface area contributed by atoms with Crippen LogP contribution >= 0.6 is 0 Å². The summed E-state index contributed by atoms with van der Waals surface area (Å²) in [5.74, 6) is -1.24. The zero-order valence-electron chi connectivity index (χ0n) is 11.8. The van der Waals surface area contributed by atoms with Crippen molar-refractivity contribution in [3.05, 3.63) is 34.9 Å². The van der Waals surface area contributed by atoms with E-state index in [2.05, 4.69) is 0 Å². The summed E-state index contributed by atoms with van der Waals surface area (Å²) in [6, 6.07) is 7.06. The van der Waals surface area contributed by atoms with Gasteiger partial charge in [0.2, 0.25) is 0 Å². The Labute approximate surface area is 118 Å². The van der Waals surface area contributed by atoms with Crippen molar-refractivity contribution in [1.82, 2.24) is 0 Å². The third kappa shape index (κ3) is 3.59. The average molecular weight is 274 g/mol. The van der Waals surface area contributed by atoms with Gasteiger partial charge in [-0.15, -0.1) is 0 Å². The van der Waals surface area contributed by atoms with E-state index in [0.717, 1.165) is 11.3 Å². The molecule has 0 aliphatic carbocycles. The quantitative estimate of drug-likeness (QED) is 0.488. The molecule has 0 spiro atoms. The van der Waals surface area contributed by atoms with Gasteiger partial charge in [0.25, 0.3) is 0 Å². The zero-order valence-corrected chi connectivity index (χ0v) is 11.8. The molecule has 0 saturated heterocycles. The number of hydrogen-bond acceptors (Lipinski definition) is 4. The van der Waals surface area contributed by atoms with Crippen LogP contribution in [-0.4, -0.2) is 29.0 Å². The molecule has 2 N–H and O–H groups in total. The number of nitrogens with zero attached hydrogens (tertiary/aromatic N) is 2. The maximum absolute atomic E-state index is 10.8. The van der Waals surface area contributed by atoms with E-state index in [1.165, 1.54) is 6.08 Å². The van der Waals surface area contributed by atoms with Gasteiger partial charge in [-0.2, -0.15) is 5.26 Å². The molecule has 0 radical (unpaired) electrons. The molecule has 1 unspecified atom stereocenters. The second-order valence-electron chi connectivity index (χ2n) is 4.43. The van der Waals surface area contributed by atoms with Crippen molar-refractivity contribution in [3.63, 3.8) is 0 Å². The third-order valence-corrected chi connectivity index (χ3v) is 3.03. The Bertz CT molecular complexity index is 571. The van der Waals surface area contributed by atoms with Crippen molar-refractivity contribution in [2.75, 3.05) is 11.4 Å². The van der Waals surface area contributed by atoms with Gasteiger partial charge < -0.3 is 15.1 Å². The highest BCUT2D eigenvalue weighted by Gasteiger charge is 2.11. The van der Waals surface area contributed by atoms with Gasteiger partial charge in [0.1, 0.15) is 17.9 Å². The lowest BCUT2D eigenvalue weighted by Crippen LogP contribution is -2.32. The maximum Gasteiger partial charge on any atom is 0.346 e. The molecule has 0 amide bonds. The molecule has 1 aromatic rings. The van der Waals surface area contributed by atoms with Gasteiger partial charge in [0.15, 0.2) is 0 Å². The predicted octanol–water partition coefficient (Wildman–Crippen LogP) is 2.15. The van der Waals surface area contributed by atoms with E-state index in [1.54, 1.807) is 25.1 Å². The van der Waals surface area contributed by atoms with Crippen molar-refractivity contribution in [3.8, 4) is 6.07 Å². The monoisotopic (exact) mass is 274 g/mol. The maximum atomic E-state index is 10.8. The second-order valence-corrected chi connectivity index (χ2v) is 4.43. The SMILES string of the molecule is CCN(c1ccc(C=C(C#N)C(=O)O)c(C)c1)C(C)O. The smallest absolute Gasteiger partial charge is 0.346 e. The Morgan fingerprint density at radius 2 is 2.20 bits per heavy atom. The van der Waals surface area contributed by atoms with Gasteiger partial charge in [0, 0.05) is 12.2 Å². The van der Waals surface area contributed by atoms with Gasteiger partial charge >= 0.3 is 5.97 Å². The van der Waals surface area contributed by atoms with Crippen molar-refractivity contribution >= 4 is 17.7 Å². The summed E-state index contributed by atoms with van der Waals surface area (Å²) >= 11 is 0. The van der Waals surface area contributed by atoms with Crippen LogP contribution in [0.5, 0.6) is 0 Å². The Hall–Kier alpha value is -2.32. The fourth-order valence-electron chi connectivity index (χ4n) is 1.96. The molecule has 0 aliphatic heterocycles. The average Bonchev–Trinajstić information content (AvgIpc) is 2.37. The van der Waals surface area contributed by atoms with Crippen LogP contribution in [0.1, 0.15) is 25.0 Å². The van der Waals surface area contributed by atoms with Crippen LogP contribution in [0.25, 0.3) is 6.08 Å². The number of aliphatic hydroxyl groups excluding tert-OH is 1. The lowest BCUT2D eigenvalue weighted by Gasteiger charge is -2.26. The summed E-state index contributed by atoms with van der Waals surface area (Å²) in [4.78, 5) is 12.6. The highest BCUT2D eigenvalue weighted by atomic mass is 16.4. The molecule has 0 aromatic heterocycles. The van der Waals surface area contributed by atoms with Crippen molar-refractivity contribution < 1.29 is 15.0 Å². The minimum absolute atomic E-state index is 0.302. The number of benzene rings is 1. The predicted molar refractivity (Wildman–Crippen MR) is 77.1 cm³/mol. The number of rotatable bonds is 5. The van der Waals surface area contributed by atoms with Gasteiger partial charge in [-0.1, -0.05) is 6.07 Å². The summed E-state index contributed by atoms with van der Waals surface area (Å²) in [6.07, 6.45) is 0.745. The van der Waals surface area contributed by atoms with Crippen molar-refractivity contribution in [2.45, 2.75) is 27.0 Å². The lowest BCUT2D eigenvalue weighted by molar-refractivity contribution is -0.132. The topological polar surface area (TPSA) is 84.6 Å². The van der Waals surface area contributed by atoms with Crippen LogP contribution in [0.4, 0.5) is 5.69 Å². The Morgan fingerprint density at radius 3 is 2.60 bits per heavy atom. The van der Waals surface area contributed by atoms with Crippen molar-refractivity contribution in [2.24, 2.45) is 0 Å². The number of anilines is 1. The summed E-state index contributed by atoms with van der Waals surface area (Å²) in [6.45, 7) is 6.12. The van der Waals surface area contributed by atoms with Crippen LogP contribution in [0.2, 0.25) is 0 Å². The van der Waals surface area contributed by atoms with Crippen LogP contribution in [-0.2, 0) is 4.79 Å². The summed E-state index contributed by atoms with van der Waals surface area (Å²) in [5.41, 5.74) is 2.07. The normalized spacial score (nSPS) is 12.7. The minimum Gasteiger partial charge on any atom is -0.477 e. The molecule has 1 rings (SSSR count). The number of carboxylic acids is 1. The number of aryl methyl sites for hydroxylation is 1. The van der Waals surface area contributed by atoms with Crippen LogP contribution in [0.15, 0.2) is 23.8 Å². The second kappa shape index (κ2) is 6.73. The van der Waals surface area contributed by atoms with Gasteiger partial charge in [-0.3, -0.25) is 0 Å². The fourth-order valence-corrected chi connectivity index (χ4v) is 1.96. The number of carboxylic acid groups (broad SMARTS) is 1. The van der Waals surface area contributed by atoms with E-state index < -0.39 is 12.2 Å². The molecular formula is C15H18N2O3. The lowest BCUT2D eigenvalue weighted by atomic mass is 10.0. The largest absolute Gasteiger partial charge is 0.477 e. The van der Waals surface area contributed by atoms with Crippen LogP contribution in [0.3, 0.4) is 0 Å². The van der Waals surface area contributed by atoms with E-state index in [-0.39, 0.29) is 5.57 Å². The minimum atomic E-state index is -1.24. The van der Waals surface area contributed by atoms with Crippen LogP contribution < -0.4 is 4.90 Å². The molecule has 5 heteroatoms. The molecule has 0 saturated carbocycles. The van der Waals surface area contributed by atoms with E-state index >= 15 is 0 Å². The van der Waals surface area contributed by atoms with Crippen LogP contribution in [0, 0.1) is 18.3 Å². The first-order valence-electron chi connectivity index (χ1n) is 6.31. The molecule has 0 aliphatic rings. The van der Waals surface area contributed by atoms with E-state index in [9.17, 15) is 9.90 Å². The number of aliphatic carboxylic acids is 1. The molecule has 0 heterocycles. The first-order chi connectivity index (χ1) is 9.40. The van der Waals surface area contributed by atoms with Gasteiger partial charge in [-0.05, 0) is 50.1 Å². The number of hydrogen-bond donors (Lipinski definition) is 2. The zero-order chi connectivity index (χ0) is 15.3. The van der Waals surface area contributed by atoms with E-state index in [1.807, 2.05) is 24.8 Å². The molecule has 20 heavy (non-hydrogen) atoms. The molecule has 1 atom stereocenters. The Morgan fingerprint density at radius 1 is 1.55 bits per heavy atom. The first-order valence-corrected chi connectivity index (χ1v) is 6.31. The van der Waals surface area contributed by atoms with E-state index in [4.69, 9.17) is 10.4 Å². The number of carbonyl (C=O) groups is 1. The highest BCUT2D eigenvalue weighted by molar-refractivity contribution is 5.96.